The number of unbranched alkanes of at least 4 members (excludes halogenated alkanes) is 19. The van der Waals surface area contributed by atoms with E-state index >= 15 is 0 Å². The third-order valence-electron chi connectivity index (χ3n) is 5.60. The van der Waals surface area contributed by atoms with Gasteiger partial charge in [-0.2, -0.15) is 0 Å². The molecule has 0 saturated carbocycles. The summed E-state index contributed by atoms with van der Waals surface area (Å²) in [4.78, 5) is 0. The van der Waals surface area contributed by atoms with Crippen molar-refractivity contribution in [3.63, 3.8) is 0 Å². The van der Waals surface area contributed by atoms with Crippen LogP contribution in [0.25, 0.3) is 0 Å². The van der Waals surface area contributed by atoms with E-state index in [1.54, 1.807) is 0 Å². The molecule has 0 aromatic heterocycles. The molecule has 0 heterocycles. The highest BCUT2D eigenvalue weighted by atomic mass is 31.2. The summed E-state index contributed by atoms with van der Waals surface area (Å²) in [6.07, 6.45) is 28.0. The Balaban J connectivity index is 3.02. The highest BCUT2D eigenvalue weighted by Gasteiger charge is 2.05. The SMILES string of the molecule is CP(C)(=O)CCCCCCCCCCCCCCCCCCCCCCO. The van der Waals surface area contributed by atoms with Crippen LogP contribution in [-0.2, 0) is 4.57 Å². The average Bonchev–Trinajstić information content (AvgIpc) is 2.62. The molecule has 0 amide bonds. The molecule has 164 valence electrons. The lowest BCUT2D eigenvalue weighted by Gasteiger charge is -2.06. The molecule has 0 aliphatic rings. The van der Waals surface area contributed by atoms with Crippen LogP contribution in [0.3, 0.4) is 0 Å². The first-order valence-corrected chi connectivity index (χ1v) is 15.0. The fraction of sp³-hybridized carbons (Fsp3) is 1.00. The number of rotatable bonds is 22. The Kier molecular flexibility index (Phi) is 21.1. The van der Waals surface area contributed by atoms with Crippen LogP contribution in [0.2, 0.25) is 0 Å². The van der Waals surface area contributed by atoms with Crippen molar-refractivity contribution in [1.29, 1.82) is 0 Å². The van der Waals surface area contributed by atoms with Crippen molar-refractivity contribution in [1.82, 2.24) is 0 Å². The summed E-state index contributed by atoms with van der Waals surface area (Å²) in [6, 6.07) is 0. The third kappa shape index (κ3) is 26.2. The zero-order valence-electron chi connectivity index (χ0n) is 18.9. The fourth-order valence-corrected chi connectivity index (χ4v) is 4.77. The van der Waals surface area contributed by atoms with Crippen LogP contribution in [0, 0.1) is 0 Å². The molecule has 0 radical (unpaired) electrons. The minimum atomic E-state index is -1.77. The first kappa shape index (κ1) is 27.2. The smallest absolute Gasteiger partial charge is 0.0819 e. The Hall–Kier alpha value is 0.190. The molecule has 0 fully saturated rings. The Morgan fingerprint density at radius 2 is 0.667 bits per heavy atom. The monoisotopic (exact) mass is 402 g/mol. The summed E-state index contributed by atoms with van der Waals surface area (Å²) >= 11 is 0. The van der Waals surface area contributed by atoms with Gasteiger partial charge in [0.1, 0.15) is 0 Å². The first-order chi connectivity index (χ1) is 13.1. The lowest BCUT2D eigenvalue weighted by Crippen LogP contribution is -1.87. The largest absolute Gasteiger partial charge is 0.396 e. The van der Waals surface area contributed by atoms with E-state index in [1.165, 1.54) is 116 Å². The predicted octanol–water partition coefficient (Wildman–Crippen LogP) is 8.40. The van der Waals surface area contributed by atoms with Crippen LogP contribution >= 0.6 is 7.14 Å². The second kappa shape index (κ2) is 20.9. The van der Waals surface area contributed by atoms with Crippen molar-refractivity contribution in [3.05, 3.63) is 0 Å². The normalized spacial score (nSPS) is 12.0. The quantitative estimate of drug-likeness (QED) is 0.146. The van der Waals surface area contributed by atoms with Crippen molar-refractivity contribution in [2.24, 2.45) is 0 Å². The molecular weight excluding hydrogens is 351 g/mol. The lowest BCUT2D eigenvalue weighted by atomic mass is 10.0. The summed E-state index contributed by atoms with van der Waals surface area (Å²) in [5.74, 6) is 0. The zero-order valence-corrected chi connectivity index (χ0v) is 19.8. The van der Waals surface area contributed by atoms with Gasteiger partial charge in [0.2, 0.25) is 0 Å². The van der Waals surface area contributed by atoms with Crippen molar-refractivity contribution in [2.45, 2.75) is 128 Å². The van der Waals surface area contributed by atoms with E-state index in [4.69, 9.17) is 5.11 Å². The maximum Gasteiger partial charge on any atom is 0.0819 e. The molecule has 0 saturated heterocycles. The lowest BCUT2D eigenvalue weighted by molar-refractivity contribution is 0.282. The highest BCUT2D eigenvalue weighted by molar-refractivity contribution is 7.62. The van der Waals surface area contributed by atoms with Gasteiger partial charge in [-0.05, 0) is 26.2 Å². The van der Waals surface area contributed by atoms with Gasteiger partial charge in [-0.3, -0.25) is 0 Å². The molecule has 0 bridgehead atoms. The molecular formula is C24H51O2P. The molecule has 1 N–H and O–H groups in total. The van der Waals surface area contributed by atoms with Gasteiger partial charge >= 0.3 is 0 Å². The standard InChI is InChI=1S/C24H51O2P/c1-27(2,26)24-22-20-18-16-14-12-10-8-6-4-3-5-7-9-11-13-15-17-19-21-23-25/h25H,3-24H2,1-2H3. The van der Waals surface area contributed by atoms with Gasteiger partial charge < -0.3 is 9.67 Å². The molecule has 27 heavy (non-hydrogen) atoms. The average molecular weight is 403 g/mol. The van der Waals surface area contributed by atoms with Crippen LogP contribution in [0.4, 0.5) is 0 Å². The van der Waals surface area contributed by atoms with E-state index in [9.17, 15) is 4.57 Å². The van der Waals surface area contributed by atoms with Crippen LogP contribution in [-0.4, -0.2) is 31.2 Å². The molecule has 0 aliphatic heterocycles. The number of aliphatic hydroxyl groups is 1. The van der Waals surface area contributed by atoms with Gasteiger partial charge in [-0.25, -0.2) is 0 Å². The van der Waals surface area contributed by atoms with E-state index < -0.39 is 7.14 Å². The maximum atomic E-state index is 11.6. The van der Waals surface area contributed by atoms with Gasteiger partial charge in [-0.15, -0.1) is 0 Å². The Bertz CT molecular complexity index is 324. The summed E-state index contributed by atoms with van der Waals surface area (Å²) in [7, 11) is -1.77. The van der Waals surface area contributed by atoms with Crippen molar-refractivity contribution < 1.29 is 9.67 Å². The van der Waals surface area contributed by atoms with Crippen molar-refractivity contribution in [3.8, 4) is 0 Å². The molecule has 0 aromatic carbocycles. The van der Waals surface area contributed by atoms with Gasteiger partial charge in [0.05, 0.1) is 7.14 Å². The number of hydrogen-bond acceptors (Lipinski definition) is 2. The minimum Gasteiger partial charge on any atom is -0.396 e. The molecule has 2 nitrogen and oxygen atoms in total. The van der Waals surface area contributed by atoms with E-state index in [0.29, 0.717) is 6.61 Å². The second-order valence-corrected chi connectivity index (χ2v) is 12.7. The summed E-state index contributed by atoms with van der Waals surface area (Å²) in [6.45, 7) is 4.19. The summed E-state index contributed by atoms with van der Waals surface area (Å²) in [5, 5.41) is 8.73. The summed E-state index contributed by atoms with van der Waals surface area (Å²) in [5.41, 5.74) is 0. The predicted molar refractivity (Wildman–Crippen MR) is 124 cm³/mol. The van der Waals surface area contributed by atoms with Crippen LogP contribution in [0.1, 0.15) is 128 Å². The fourth-order valence-electron chi connectivity index (χ4n) is 3.79. The highest BCUT2D eigenvalue weighted by Crippen LogP contribution is 2.36. The Morgan fingerprint density at radius 1 is 0.444 bits per heavy atom. The van der Waals surface area contributed by atoms with Gasteiger partial charge in [0, 0.05) is 12.8 Å². The summed E-state index contributed by atoms with van der Waals surface area (Å²) < 4.78 is 11.6. The third-order valence-corrected chi connectivity index (χ3v) is 7.00. The van der Waals surface area contributed by atoms with E-state index in [0.717, 1.165) is 19.0 Å². The van der Waals surface area contributed by atoms with Gasteiger partial charge in [0.25, 0.3) is 0 Å². The van der Waals surface area contributed by atoms with Gasteiger partial charge in [-0.1, -0.05) is 116 Å². The van der Waals surface area contributed by atoms with Crippen molar-refractivity contribution >= 4 is 7.14 Å². The Labute approximate surface area is 171 Å². The minimum absolute atomic E-state index is 0.365. The number of hydrogen-bond donors (Lipinski definition) is 1. The van der Waals surface area contributed by atoms with Crippen LogP contribution < -0.4 is 0 Å². The molecule has 0 aromatic rings. The molecule has 3 heteroatoms. The van der Waals surface area contributed by atoms with E-state index in [-0.39, 0.29) is 0 Å². The van der Waals surface area contributed by atoms with E-state index in [1.807, 2.05) is 13.3 Å². The second-order valence-electron chi connectivity index (χ2n) is 9.09. The molecule has 0 spiro atoms. The molecule has 0 rings (SSSR count). The zero-order chi connectivity index (χ0) is 20.1. The number of aliphatic hydroxyl groups excluding tert-OH is 1. The van der Waals surface area contributed by atoms with Crippen LogP contribution in [0.15, 0.2) is 0 Å². The maximum absolute atomic E-state index is 11.6. The van der Waals surface area contributed by atoms with E-state index in [2.05, 4.69) is 0 Å². The topological polar surface area (TPSA) is 37.3 Å². The Morgan fingerprint density at radius 3 is 0.889 bits per heavy atom. The first-order valence-electron chi connectivity index (χ1n) is 12.2. The van der Waals surface area contributed by atoms with Crippen molar-refractivity contribution in [2.75, 3.05) is 26.1 Å². The van der Waals surface area contributed by atoms with Crippen LogP contribution in [0.5, 0.6) is 0 Å². The molecule has 0 unspecified atom stereocenters. The van der Waals surface area contributed by atoms with Gasteiger partial charge in [0.15, 0.2) is 0 Å². The molecule has 0 aliphatic carbocycles. The molecule has 0 atom stereocenters.